The van der Waals surface area contributed by atoms with Gasteiger partial charge in [0.2, 0.25) is 0 Å². The van der Waals surface area contributed by atoms with Gasteiger partial charge in [0, 0.05) is 36.2 Å². The molecule has 0 bridgehead atoms. The van der Waals surface area contributed by atoms with Gasteiger partial charge in [-0.05, 0) is 36.4 Å². The Labute approximate surface area is 223 Å². The van der Waals surface area contributed by atoms with Crippen molar-refractivity contribution in [2.24, 2.45) is 0 Å². The highest BCUT2D eigenvalue weighted by Gasteiger charge is 2.34. The smallest absolute Gasteiger partial charge is 0.186 e. The van der Waals surface area contributed by atoms with Gasteiger partial charge in [0.05, 0.1) is 11.1 Å². The van der Waals surface area contributed by atoms with Crippen molar-refractivity contribution in [3.8, 4) is 11.3 Å². The first-order chi connectivity index (χ1) is 18.3. The van der Waals surface area contributed by atoms with E-state index in [1.165, 1.54) is 18.5 Å². The number of rotatable bonds is 9. The predicted molar refractivity (Wildman–Crippen MR) is 156 cm³/mol. The molecule has 0 N–H and O–H groups in total. The van der Waals surface area contributed by atoms with Gasteiger partial charge < -0.3 is 9.30 Å². The molecule has 0 aliphatic rings. The molecule has 0 saturated carbocycles. The van der Waals surface area contributed by atoms with Crippen LogP contribution >= 0.6 is 7.14 Å². The summed E-state index contributed by atoms with van der Waals surface area (Å²) in [5, 5.41) is 2.21. The third-order valence-electron chi connectivity index (χ3n) is 6.57. The summed E-state index contributed by atoms with van der Waals surface area (Å²) in [6, 6.07) is 28.3. The molecule has 2 aromatic heterocycles. The number of fused-ring (bicyclic) bond motifs is 1. The lowest BCUT2D eigenvalue weighted by Crippen LogP contribution is -2.31. The lowest BCUT2D eigenvalue weighted by Gasteiger charge is -2.22. The van der Waals surface area contributed by atoms with Gasteiger partial charge in [0.25, 0.3) is 0 Å². The molecule has 0 amide bonds. The molecule has 5 aromatic rings. The van der Waals surface area contributed by atoms with Crippen LogP contribution in [0.4, 0.5) is 4.39 Å². The summed E-state index contributed by atoms with van der Waals surface area (Å²) < 4.78 is 37.1. The SMILES string of the molecule is C[Si](C)(C)CCOCn1c(P(=O)(c2ccccc2)c2ccccc2)cc2c(-c3ccc(F)cc3)ncnc21. The molecule has 0 aliphatic carbocycles. The van der Waals surface area contributed by atoms with E-state index in [2.05, 4.69) is 29.6 Å². The van der Waals surface area contributed by atoms with E-state index in [0.29, 0.717) is 23.4 Å². The second-order valence-corrected chi connectivity index (χ2v) is 18.9. The highest BCUT2D eigenvalue weighted by molar-refractivity contribution is 7.85. The standard InChI is InChI=1S/C30H31FN3O2PSi/c1-38(2,3)19-18-36-22-34-28(37(35,25-10-6-4-7-11-25)26-12-8-5-9-13-26)20-27-29(32-21-33-30(27)34)23-14-16-24(31)17-15-23/h4-17,20-21H,18-19,22H2,1-3H3. The number of hydrogen-bond acceptors (Lipinski definition) is 4. The van der Waals surface area contributed by atoms with Crippen molar-refractivity contribution in [1.29, 1.82) is 0 Å². The molecule has 0 radical (unpaired) electrons. The summed E-state index contributed by atoms with van der Waals surface area (Å²) in [5.41, 5.74) is 2.68. The van der Waals surface area contributed by atoms with E-state index in [1.54, 1.807) is 12.1 Å². The van der Waals surface area contributed by atoms with E-state index in [-0.39, 0.29) is 12.5 Å². The molecule has 5 rings (SSSR count). The van der Waals surface area contributed by atoms with Gasteiger partial charge in [-0.15, -0.1) is 0 Å². The van der Waals surface area contributed by atoms with E-state index in [1.807, 2.05) is 71.3 Å². The van der Waals surface area contributed by atoms with E-state index < -0.39 is 15.2 Å². The van der Waals surface area contributed by atoms with Crippen LogP contribution in [0.2, 0.25) is 25.7 Å². The highest BCUT2D eigenvalue weighted by Crippen LogP contribution is 2.44. The summed E-state index contributed by atoms with van der Waals surface area (Å²) in [7, 11) is -4.61. The van der Waals surface area contributed by atoms with E-state index in [9.17, 15) is 4.39 Å². The van der Waals surface area contributed by atoms with Crippen molar-refractivity contribution in [3.05, 3.63) is 103 Å². The van der Waals surface area contributed by atoms with Crippen LogP contribution in [0, 0.1) is 5.82 Å². The molecule has 0 spiro atoms. The Morgan fingerprint density at radius 1 is 0.868 bits per heavy atom. The molecule has 8 heteroatoms. The summed E-state index contributed by atoms with van der Waals surface area (Å²) >= 11 is 0. The van der Waals surface area contributed by atoms with Crippen molar-refractivity contribution in [2.45, 2.75) is 32.4 Å². The molecule has 0 fully saturated rings. The highest BCUT2D eigenvalue weighted by atomic mass is 31.2. The monoisotopic (exact) mass is 543 g/mol. The number of nitrogens with zero attached hydrogens (tertiary/aromatic N) is 3. The van der Waals surface area contributed by atoms with Crippen molar-refractivity contribution in [2.75, 3.05) is 6.61 Å². The maximum absolute atomic E-state index is 15.3. The molecule has 38 heavy (non-hydrogen) atoms. The van der Waals surface area contributed by atoms with Crippen LogP contribution in [0.15, 0.2) is 97.3 Å². The van der Waals surface area contributed by atoms with Gasteiger partial charge in [0.1, 0.15) is 24.5 Å². The van der Waals surface area contributed by atoms with E-state index in [0.717, 1.165) is 27.6 Å². The van der Waals surface area contributed by atoms with Crippen molar-refractivity contribution in [3.63, 3.8) is 0 Å². The first-order valence-corrected chi connectivity index (χ1v) is 18.1. The maximum atomic E-state index is 15.3. The average Bonchev–Trinajstić information content (AvgIpc) is 3.31. The van der Waals surface area contributed by atoms with Crippen molar-refractivity contribution >= 4 is 42.3 Å². The van der Waals surface area contributed by atoms with Gasteiger partial charge in [-0.3, -0.25) is 4.57 Å². The van der Waals surface area contributed by atoms with E-state index >= 15 is 4.57 Å². The van der Waals surface area contributed by atoms with Gasteiger partial charge >= 0.3 is 0 Å². The largest absolute Gasteiger partial charge is 0.361 e. The molecule has 3 aromatic carbocycles. The van der Waals surface area contributed by atoms with Crippen LogP contribution in [0.1, 0.15) is 0 Å². The summed E-state index contributed by atoms with van der Waals surface area (Å²) in [6.45, 7) is 7.77. The Bertz CT molecular complexity index is 1540. The second-order valence-electron chi connectivity index (χ2n) is 10.5. The summed E-state index contributed by atoms with van der Waals surface area (Å²) in [5.74, 6) is -0.314. The molecule has 194 valence electrons. The Hall–Kier alpha value is -3.38. The first-order valence-electron chi connectivity index (χ1n) is 12.7. The van der Waals surface area contributed by atoms with Crippen molar-refractivity contribution < 1.29 is 13.7 Å². The molecular formula is C30H31FN3O2PSi. The molecular weight excluding hydrogens is 512 g/mol. The average molecular weight is 544 g/mol. The van der Waals surface area contributed by atoms with Crippen LogP contribution in [-0.2, 0) is 16.0 Å². The number of ether oxygens (including phenoxy) is 1. The van der Waals surface area contributed by atoms with Gasteiger partial charge in [0.15, 0.2) is 7.14 Å². The molecule has 5 nitrogen and oxygen atoms in total. The zero-order chi connectivity index (χ0) is 26.8. The van der Waals surface area contributed by atoms with E-state index in [4.69, 9.17) is 4.74 Å². The van der Waals surface area contributed by atoms with Crippen LogP contribution in [-0.4, -0.2) is 29.2 Å². The fourth-order valence-electron chi connectivity index (χ4n) is 4.50. The molecule has 0 aliphatic heterocycles. The Kier molecular flexibility index (Phi) is 7.44. The Morgan fingerprint density at radius 3 is 2.05 bits per heavy atom. The number of hydrogen-bond donors (Lipinski definition) is 0. The minimum absolute atomic E-state index is 0.215. The zero-order valence-corrected chi connectivity index (χ0v) is 23.7. The lowest BCUT2D eigenvalue weighted by molar-refractivity contribution is 0.0917. The van der Waals surface area contributed by atoms with Crippen LogP contribution in [0.25, 0.3) is 22.3 Å². The lowest BCUT2D eigenvalue weighted by atomic mass is 10.1. The van der Waals surface area contributed by atoms with Gasteiger partial charge in [-0.2, -0.15) is 0 Å². The van der Waals surface area contributed by atoms with Gasteiger partial charge in [-0.1, -0.05) is 80.3 Å². The number of benzene rings is 3. The normalized spacial score (nSPS) is 12.2. The third-order valence-corrected chi connectivity index (χ3v) is 11.3. The van der Waals surface area contributed by atoms with Crippen molar-refractivity contribution in [1.82, 2.24) is 14.5 Å². The van der Waals surface area contributed by atoms with Gasteiger partial charge in [-0.25, -0.2) is 14.4 Å². The minimum Gasteiger partial charge on any atom is -0.361 e. The quantitative estimate of drug-likeness (QED) is 0.126. The minimum atomic E-state index is -3.32. The van der Waals surface area contributed by atoms with Crippen LogP contribution in [0.3, 0.4) is 0 Å². The summed E-state index contributed by atoms with van der Waals surface area (Å²) in [6.07, 6.45) is 1.50. The predicted octanol–water partition coefficient (Wildman–Crippen LogP) is 6.19. The zero-order valence-electron chi connectivity index (χ0n) is 21.8. The topological polar surface area (TPSA) is 57.0 Å². The molecule has 0 unspecified atom stereocenters. The third kappa shape index (κ3) is 5.28. The number of aromatic nitrogens is 3. The first kappa shape index (κ1) is 26.2. The Morgan fingerprint density at radius 2 is 1.47 bits per heavy atom. The fourth-order valence-corrected chi connectivity index (χ4v) is 8.07. The number of halogens is 1. The maximum Gasteiger partial charge on any atom is 0.186 e. The summed E-state index contributed by atoms with van der Waals surface area (Å²) in [4.78, 5) is 9.16. The van der Waals surface area contributed by atoms with Crippen LogP contribution in [0.5, 0.6) is 0 Å². The fraction of sp³-hybridized carbons (Fsp3) is 0.200. The molecule has 0 saturated heterocycles. The van der Waals surface area contributed by atoms with Crippen LogP contribution < -0.4 is 16.0 Å². The Balaban J connectivity index is 1.73. The second kappa shape index (κ2) is 10.8. The molecule has 2 heterocycles. The molecule has 0 atom stereocenters.